The SMILES string of the molecule is CC(C)C(NC(=O)C1CCCC1O)c1nc(-c2cccnc2)no1. The molecule has 1 fully saturated rings. The number of hydrogen-bond acceptors (Lipinski definition) is 6. The molecule has 1 aliphatic rings. The Labute approximate surface area is 140 Å². The van der Waals surface area contributed by atoms with Gasteiger partial charge in [0.2, 0.25) is 17.6 Å². The highest BCUT2D eigenvalue weighted by molar-refractivity contribution is 5.80. The summed E-state index contributed by atoms with van der Waals surface area (Å²) in [7, 11) is 0. The predicted molar refractivity (Wildman–Crippen MR) is 86.6 cm³/mol. The summed E-state index contributed by atoms with van der Waals surface area (Å²) in [5.41, 5.74) is 0.757. The highest BCUT2D eigenvalue weighted by Crippen LogP contribution is 2.28. The fourth-order valence-corrected chi connectivity index (χ4v) is 2.99. The molecule has 0 spiro atoms. The lowest BCUT2D eigenvalue weighted by molar-refractivity contribution is -0.128. The van der Waals surface area contributed by atoms with Crippen LogP contribution in [0.4, 0.5) is 0 Å². The van der Waals surface area contributed by atoms with Crippen LogP contribution in [0.15, 0.2) is 29.0 Å². The number of aliphatic hydroxyl groups is 1. The quantitative estimate of drug-likeness (QED) is 0.870. The van der Waals surface area contributed by atoms with Gasteiger partial charge in [-0.1, -0.05) is 19.0 Å². The van der Waals surface area contributed by atoms with E-state index >= 15 is 0 Å². The van der Waals surface area contributed by atoms with Crippen LogP contribution < -0.4 is 5.32 Å². The first-order valence-corrected chi connectivity index (χ1v) is 8.28. The van der Waals surface area contributed by atoms with Gasteiger partial charge in [-0.2, -0.15) is 4.98 Å². The fourth-order valence-electron chi connectivity index (χ4n) is 2.99. The Kier molecular flexibility index (Phi) is 4.89. The molecule has 3 unspecified atom stereocenters. The van der Waals surface area contributed by atoms with Gasteiger partial charge in [-0.15, -0.1) is 0 Å². The number of aromatic nitrogens is 3. The minimum Gasteiger partial charge on any atom is -0.392 e. The number of pyridine rings is 1. The molecular formula is C17H22N4O3. The van der Waals surface area contributed by atoms with Gasteiger partial charge in [0, 0.05) is 18.0 Å². The van der Waals surface area contributed by atoms with Crippen LogP contribution in [0.3, 0.4) is 0 Å². The maximum atomic E-state index is 12.4. The van der Waals surface area contributed by atoms with Crippen molar-refractivity contribution in [1.82, 2.24) is 20.4 Å². The summed E-state index contributed by atoms with van der Waals surface area (Å²) in [6.07, 6.45) is 5.03. The van der Waals surface area contributed by atoms with Crippen LogP contribution in [0, 0.1) is 11.8 Å². The lowest BCUT2D eigenvalue weighted by Crippen LogP contribution is -2.39. The van der Waals surface area contributed by atoms with E-state index in [2.05, 4.69) is 20.4 Å². The Bertz CT molecular complexity index is 686. The summed E-state index contributed by atoms with van der Waals surface area (Å²) >= 11 is 0. The van der Waals surface area contributed by atoms with E-state index in [0.717, 1.165) is 12.0 Å². The molecule has 2 heterocycles. The summed E-state index contributed by atoms with van der Waals surface area (Å²) in [5, 5.41) is 16.9. The van der Waals surface area contributed by atoms with E-state index in [1.807, 2.05) is 19.9 Å². The zero-order valence-corrected chi connectivity index (χ0v) is 13.8. The van der Waals surface area contributed by atoms with Crippen molar-refractivity contribution in [2.75, 3.05) is 0 Å². The van der Waals surface area contributed by atoms with Crippen molar-refractivity contribution in [2.45, 2.75) is 45.3 Å². The van der Waals surface area contributed by atoms with Gasteiger partial charge >= 0.3 is 0 Å². The number of nitrogens with zero attached hydrogens (tertiary/aromatic N) is 3. The van der Waals surface area contributed by atoms with Crippen LogP contribution in [-0.2, 0) is 4.79 Å². The molecule has 0 bridgehead atoms. The van der Waals surface area contributed by atoms with Gasteiger partial charge in [0.15, 0.2) is 0 Å². The normalized spacial score (nSPS) is 21.8. The standard InChI is InChI=1S/C17H22N4O3/c1-10(2)14(19-16(23)12-6-3-7-13(12)22)17-20-15(21-24-17)11-5-4-8-18-9-11/h4-5,8-10,12-14,22H,3,6-7H2,1-2H3,(H,19,23). The van der Waals surface area contributed by atoms with E-state index in [0.29, 0.717) is 24.6 Å². The predicted octanol–water partition coefficient (Wildman–Crippen LogP) is 2.11. The van der Waals surface area contributed by atoms with Crippen LogP contribution in [0.25, 0.3) is 11.4 Å². The van der Waals surface area contributed by atoms with Gasteiger partial charge in [0.25, 0.3) is 0 Å². The molecule has 128 valence electrons. The largest absolute Gasteiger partial charge is 0.392 e. The minimum atomic E-state index is -0.563. The molecule has 24 heavy (non-hydrogen) atoms. The maximum Gasteiger partial charge on any atom is 0.249 e. The minimum absolute atomic E-state index is 0.0784. The third-order valence-electron chi connectivity index (χ3n) is 4.41. The Morgan fingerprint density at radius 1 is 1.42 bits per heavy atom. The van der Waals surface area contributed by atoms with Gasteiger partial charge in [0.1, 0.15) is 6.04 Å². The molecule has 7 heteroatoms. The van der Waals surface area contributed by atoms with E-state index in [9.17, 15) is 9.90 Å². The van der Waals surface area contributed by atoms with Crippen LogP contribution >= 0.6 is 0 Å². The average molecular weight is 330 g/mol. The van der Waals surface area contributed by atoms with Crippen LogP contribution in [0.5, 0.6) is 0 Å². The third kappa shape index (κ3) is 3.46. The summed E-state index contributed by atoms with van der Waals surface area (Å²) in [4.78, 5) is 20.9. The average Bonchev–Trinajstić information content (AvgIpc) is 3.22. The molecule has 3 atom stereocenters. The van der Waals surface area contributed by atoms with Gasteiger partial charge in [-0.25, -0.2) is 0 Å². The molecule has 1 aliphatic carbocycles. The van der Waals surface area contributed by atoms with E-state index in [4.69, 9.17) is 4.52 Å². The van der Waals surface area contributed by atoms with Crippen LogP contribution in [0.2, 0.25) is 0 Å². The Morgan fingerprint density at radius 3 is 2.88 bits per heavy atom. The number of carbonyl (C=O) groups excluding carboxylic acids is 1. The van der Waals surface area contributed by atoms with Crippen molar-refractivity contribution in [2.24, 2.45) is 11.8 Å². The molecule has 2 aromatic rings. The number of amides is 1. The first kappa shape index (κ1) is 16.6. The highest BCUT2D eigenvalue weighted by Gasteiger charge is 2.34. The summed E-state index contributed by atoms with van der Waals surface area (Å²) in [6.45, 7) is 3.95. The van der Waals surface area contributed by atoms with Crippen molar-refractivity contribution >= 4 is 5.91 Å². The molecule has 3 rings (SSSR count). The Hall–Kier alpha value is -2.28. The van der Waals surface area contributed by atoms with Crippen molar-refractivity contribution in [3.8, 4) is 11.4 Å². The third-order valence-corrected chi connectivity index (χ3v) is 4.41. The second kappa shape index (κ2) is 7.09. The molecule has 2 N–H and O–H groups in total. The van der Waals surface area contributed by atoms with E-state index in [1.54, 1.807) is 18.5 Å². The number of nitrogens with one attached hydrogen (secondary N) is 1. The summed E-state index contributed by atoms with van der Waals surface area (Å²) in [6, 6.07) is 3.26. The fraction of sp³-hybridized carbons (Fsp3) is 0.529. The van der Waals surface area contributed by atoms with Crippen molar-refractivity contribution in [3.63, 3.8) is 0 Å². The molecule has 0 aliphatic heterocycles. The van der Waals surface area contributed by atoms with Crippen LogP contribution in [-0.4, -0.2) is 32.2 Å². The lowest BCUT2D eigenvalue weighted by Gasteiger charge is -2.22. The molecule has 2 aromatic heterocycles. The highest BCUT2D eigenvalue weighted by atomic mass is 16.5. The first-order valence-electron chi connectivity index (χ1n) is 8.28. The monoisotopic (exact) mass is 330 g/mol. The Balaban J connectivity index is 1.76. The van der Waals surface area contributed by atoms with Crippen molar-refractivity contribution < 1.29 is 14.4 Å². The zero-order chi connectivity index (χ0) is 17.1. The Morgan fingerprint density at radius 2 is 2.25 bits per heavy atom. The maximum absolute atomic E-state index is 12.4. The van der Waals surface area contributed by atoms with Gasteiger partial charge in [-0.3, -0.25) is 9.78 Å². The summed E-state index contributed by atoms with van der Waals surface area (Å²) < 4.78 is 5.37. The molecule has 0 radical (unpaired) electrons. The number of rotatable bonds is 5. The molecule has 0 aromatic carbocycles. The lowest BCUT2D eigenvalue weighted by atomic mass is 10.0. The topological polar surface area (TPSA) is 101 Å². The molecule has 0 saturated heterocycles. The van der Waals surface area contributed by atoms with E-state index < -0.39 is 6.10 Å². The number of aliphatic hydroxyl groups excluding tert-OH is 1. The second-order valence-corrected chi connectivity index (χ2v) is 6.53. The zero-order valence-electron chi connectivity index (χ0n) is 13.8. The van der Waals surface area contributed by atoms with Crippen LogP contribution in [0.1, 0.15) is 45.0 Å². The van der Waals surface area contributed by atoms with Gasteiger partial charge in [-0.05, 0) is 37.3 Å². The smallest absolute Gasteiger partial charge is 0.249 e. The molecule has 1 saturated carbocycles. The van der Waals surface area contributed by atoms with Crippen molar-refractivity contribution in [1.29, 1.82) is 0 Å². The number of hydrogen-bond donors (Lipinski definition) is 2. The van der Waals surface area contributed by atoms with Gasteiger partial charge < -0.3 is 14.9 Å². The molecule has 1 amide bonds. The van der Waals surface area contributed by atoms with Gasteiger partial charge in [0.05, 0.1) is 12.0 Å². The molecular weight excluding hydrogens is 308 g/mol. The summed E-state index contributed by atoms with van der Waals surface area (Å²) in [5.74, 6) is 0.380. The second-order valence-electron chi connectivity index (χ2n) is 6.53. The molecule has 7 nitrogen and oxygen atoms in total. The van der Waals surface area contributed by atoms with Crippen molar-refractivity contribution in [3.05, 3.63) is 30.4 Å². The van der Waals surface area contributed by atoms with E-state index in [-0.39, 0.29) is 23.8 Å². The first-order chi connectivity index (χ1) is 11.6. The van der Waals surface area contributed by atoms with E-state index in [1.165, 1.54) is 0 Å². The number of carbonyl (C=O) groups is 1.